The van der Waals surface area contributed by atoms with Crippen LogP contribution in [-0.4, -0.2) is 19.2 Å². The molecule has 1 rings (SSSR count). The standard InChI is InChI=1S/C17H28BrNO/c1-13(10-11-19-17(2,3)4)6-7-14-8-9-15(20-5)12-16(14)18/h8-9,12-13,19H,6-7,10-11H2,1-5H3. The second kappa shape index (κ2) is 8.04. The van der Waals surface area contributed by atoms with Crippen LogP contribution in [0.4, 0.5) is 0 Å². The number of hydrogen-bond acceptors (Lipinski definition) is 2. The quantitative estimate of drug-likeness (QED) is 0.768. The third-order valence-corrected chi connectivity index (χ3v) is 4.20. The SMILES string of the molecule is COc1ccc(CCC(C)CCNC(C)(C)C)c(Br)c1. The molecule has 1 unspecified atom stereocenters. The Bertz CT molecular complexity index is 412. The van der Waals surface area contributed by atoms with Crippen molar-refractivity contribution in [3.05, 3.63) is 28.2 Å². The summed E-state index contributed by atoms with van der Waals surface area (Å²) in [7, 11) is 1.70. The van der Waals surface area contributed by atoms with Crippen LogP contribution in [0.1, 0.15) is 46.1 Å². The summed E-state index contributed by atoms with van der Waals surface area (Å²) >= 11 is 3.62. The van der Waals surface area contributed by atoms with Crippen molar-refractivity contribution in [3.63, 3.8) is 0 Å². The molecular formula is C17H28BrNO. The minimum Gasteiger partial charge on any atom is -0.497 e. The summed E-state index contributed by atoms with van der Waals surface area (Å²) in [4.78, 5) is 0. The molecule has 1 atom stereocenters. The van der Waals surface area contributed by atoms with Gasteiger partial charge in [0.15, 0.2) is 0 Å². The molecule has 0 aliphatic heterocycles. The Morgan fingerprint density at radius 1 is 1.25 bits per heavy atom. The molecule has 1 aromatic carbocycles. The van der Waals surface area contributed by atoms with E-state index in [1.807, 2.05) is 12.1 Å². The van der Waals surface area contributed by atoms with E-state index in [0.717, 1.165) is 29.1 Å². The lowest BCUT2D eigenvalue weighted by Gasteiger charge is -2.22. The van der Waals surface area contributed by atoms with E-state index in [9.17, 15) is 0 Å². The monoisotopic (exact) mass is 341 g/mol. The van der Waals surface area contributed by atoms with Crippen LogP contribution in [-0.2, 0) is 6.42 Å². The zero-order valence-electron chi connectivity index (χ0n) is 13.4. The number of halogens is 1. The highest BCUT2D eigenvalue weighted by Crippen LogP contribution is 2.25. The van der Waals surface area contributed by atoms with Gasteiger partial charge in [0.05, 0.1) is 7.11 Å². The van der Waals surface area contributed by atoms with Crippen molar-refractivity contribution >= 4 is 15.9 Å². The Balaban J connectivity index is 2.35. The van der Waals surface area contributed by atoms with E-state index in [0.29, 0.717) is 0 Å². The van der Waals surface area contributed by atoms with Gasteiger partial charge in [-0.2, -0.15) is 0 Å². The first-order valence-corrected chi connectivity index (χ1v) is 8.18. The maximum absolute atomic E-state index is 5.22. The Morgan fingerprint density at radius 3 is 2.50 bits per heavy atom. The van der Waals surface area contributed by atoms with Crippen LogP contribution in [0.15, 0.2) is 22.7 Å². The molecule has 0 aromatic heterocycles. The predicted octanol–water partition coefficient (Wildman–Crippen LogP) is 4.80. The Kier molecular flexibility index (Phi) is 7.04. The minimum atomic E-state index is 0.221. The van der Waals surface area contributed by atoms with Crippen LogP contribution in [0.2, 0.25) is 0 Å². The molecule has 1 aromatic rings. The molecule has 0 aliphatic rings. The zero-order chi connectivity index (χ0) is 15.2. The average Bonchev–Trinajstić information content (AvgIpc) is 2.35. The van der Waals surface area contributed by atoms with Gasteiger partial charge in [-0.05, 0) is 70.2 Å². The first-order valence-electron chi connectivity index (χ1n) is 7.39. The summed E-state index contributed by atoms with van der Waals surface area (Å²) in [5, 5.41) is 3.55. The number of rotatable bonds is 7. The van der Waals surface area contributed by atoms with Crippen molar-refractivity contribution in [1.29, 1.82) is 0 Å². The number of ether oxygens (including phenoxy) is 1. The molecule has 0 fully saturated rings. The highest BCUT2D eigenvalue weighted by molar-refractivity contribution is 9.10. The molecule has 114 valence electrons. The molecule has 0 aliphatic carbocycles. The third-order valence-electron chi connectivity index (χ3n) is 3.46. The largest absolute Gasteiger partial charge is 0.497 e. The molecule has 0 spiro atoms. The average molecular weight is 342 g/mol. The molecule has 0 radical (unpaired) electrons. The van der Waals surface area contributed by atoms with Crippen molar-refractivity contribution in [2.24, 2.45) is 5.92 Å². The van der Waals surface area contributed by atoms with E-state index >= 15 is 0 Å². The summed E-state index contributed by atoms with van der Waals surface area (Å²) in [6, 6.07) is 6.23. The Labute approximate surface area is 132 Å². The van der Waals surface area contributed by atoms with Gasteiger partial charge < -0.3 is 10.1 Å². The van der Waals surface area contributed by atoms with Crippen LogP contribution in [0, 0.1) is 5.92 Å². The van der Waals surface area contributed by atoms with Gasteiger partial charge in [0, 0.05) is 10.0 Å². The van der Waals surface area contributed by atoms with Crippen LogP contribution in [0.3, 0.4) is 0 Å². The van der Waals surface area contributed by atoms with Gasteiger partial charge in [-0.25, -0.2) is 0 Å². The maximum atomic E-state index is 5.22. The van der Waals surface area contributed by atoms with Crippen molar-refractivity contribution in [1.82, 2.24) is 5.32 Å². The van der Waals surface area contributed by atoms with Gasteiger partial charge in [0.25, 0.3) is 0 Å². The molecular weight excluding hydrogens is 314 g/mol. The Hall–Kier alpha value is -0.540. The van der Waals surface area contributed by atoms with Crippen LogP contribution in [0.25, 0.3) is 0 Å². The van der Waals surface area contributed by atoms with Crippen molar-refractivity contribution in [2.75, 3.05) is 13.7 Å². The van der Waals surface area contributed by atoms with Gasteiger partial charge in [-0.15, -0.1) is 0 Å². The first-order chi connectivity index (χ1) is 9.31. The first kappa shape index (κ1) is 17.5. The maximum Gasteiger partial charge on any atom is 0.120 e. The number of aryl methyl sites for hydroxylation is 1. The van der Waals surface area contributed by atoms with E-state index in [4.69, 9.17) is 4.74 Å². The number of benzene rings is 1. The molecule has 0 bridgehead atoms. The van der Waals surface area contributed by atoms with Crippen molar-refractivity contribution in [3.8, 4) is 5.75 Å². The van der Waals surface area contributed by atoms with E-state index in [-0.39, 0.29) is 5.54 Å². The lowest BCUT2D eigenvalue weighted by Crippen LogP contribution is -2.36. The lowest BCUT2D eigenvalue weighted by atomic mass is 9.97. The smallest absolute Gasteiger partial charge is 0.120 e. The summed E-state index contributed by atoms with van der Waals surface area (Å²) in [5.74, 6) is 1.64. The summed E-state index contributed by atoms with van der Waals surface area (Å²) < 4.78 is 6.37. The zero-order valence-corrected chi connectivity index (χ0v) is 15.0. The molecule has 2 nitrogen and oxygen atoms in total. The fourth-order valence-corrected chi connectivity index (χ4v) is 2.65. The fourth-order valence-electron chi connectivity index (χ4n) is 2.10. The van der Waals surface area contributed by atoms with Crippen LogP contribution >= 0.6 is 15.9 Å². The fraction of sp³-hybridized carbons (Fsp3) is 0.647. The summed E-state index contributed by atoms with van der Waals surface area (Å²) in [5.41, 5.74) is 1.58. The van der Waals surface area contributed by atoms with Gasteiger partial charge in [-0.1, -0.05) is 28.9 Å². The number of hydrogen-bond donors (Lipinski definition) is 1. The summed E-state index contributed by atoms with van der Waals surface area (Å²) in [6.45, 7) is 10.1. The highest BCUT2D eigenvalue weighted by atomic mass is 79.9. The van der Waals surface area contributed by atoms with Gasteiger partial charge >= 0.3 is 0 Å². The van der Waals surface area contributed by atoms with Crippen LogP contribution < -0.4 is 10.1 Å². The lowest BCUT2D eigenvalue weighted by molar-refractivity contribution is 0.386. The van der Waals surface area contributed by atoms with Crippen LogP contribution in [0.5, 0.6) is 5.75 Å². The molecule has 0 saturated heterocycles. The topological polar surface area (TPSA) is 21.3 Å². The second-order valence-corrected chi connectivity index (χ2v) is 7.42. The highest BCUT2D eigenvalue weighted by Gasteiger charge is 2.10. The molecule has 0 amide bonds. The van der Waals surface area contributed by atoms with E-state index in [2.05, 4.69) is 55.0 Å². The Morgan fingerprint density at radius 2 is 1.95 bits per heavy atom. The normalized spacial score (nSPS) is 13.3. The third kappa shape index (κ3) is 6.76. The number of methoxy groups -OCH3 is 1. The van der Waals surface area contributed by atoms with Gasteiger partial charge in [-0.3, -0.25) is 0 Å². The van der Waals surface area contributed by atoms with E-state index in [1.54, 1.807) is 7.11 Å². The predicted molar refractivity (Wildman–Crippen MR) is 90.6 cm³/mol. The van der Waals surface area contributed by atoms with E-state index < -0.39 is 0 Å². The molecule has 3 heteroatoms. The van der Waals surface area contributed by atoms with Gasteiger partial charge in [0.1, 0.15) is 5.75 Å². The van der Waals surface area contributed by atoms with E-state index in [1.165, 1.54) is 18.4 Å². The molecule has 0 saturated carbocycles. The van der Waals surface area contributed by atoms with Crippen molar-refractivity contribution in [2.45, 2.75) is 52.5 Å². The minimum absolute atomic E-state index is 0.221. The molecule has 20 heavy (non-hydrogen) atoms. The number of nitrogens with one attached hydrogen (secondary N) is 1. The molecule has 1 N–H and O–H groups in total. The van der Waals surface area contributed by atoms with Crippen molar-refractivity contribution < 1.29 is 4.74 Å². The summed E-state index contributed by atoms with van der Waals surface area (Å²) in [6.07, 6.45) is 3.56. The molecule has 0 heterocycles. The second-order valence-electron chi connectivity index (χ2n) is 6.57. The van der Waals surface area contributed by atoms with Gasteiger partial charge in [0.2, 0.25) is 0 Å².